The van der Waals surface area contributed by atoms with E-state index in [1.165, 1.54) is 0 Å². The van der Waals surface area contributed by atoms with Gasteiger partial charge in [-0.05, 0) is 19.3 Å². The molecule has 1 fully saturated rings. The van der Waals surface area contributed by atoms with Crippen LogP contribution in [0.3, 0.4) is 0 Å². The molecular weight excluding hydrogens is 259 g/mol. The predicted molar refractivity (Wildman–Crippen MR) is 52.8 cm³/mol. The molecule has 94 valence electrons. The average molecular weight is 267 g/mol. The summed E-state index contributed by atoms with van der Waals surface area (Å²) in [6, 6.07) is 0. The zero-order chi connectivity index (χ0) is 12.7. The van der Waals surface area contributed by atoms with Crippen molar-refractivity contribution < 1.29 is 23.1 Å². The first-order chi connectivity index (χ1) is 7.83. The third kappa shape index (κ3) is 2.19. The van der Waals surface area contributed by atoms with Crippen molar-refractivity contribution in [1.29, 1.82) is 0 Å². The molecule has 0 aliphatic heterocycles. The molecule has 0 amide bonds. The highest BCUT2D eigenvalue weighted by molar-refractivity contribution is 7.15. The zero-order valence-corrected chi connectivity index (χ0v) is 9.23. The molecule has 0 unspecified atom stereocenters. The van der Waals surface area contributed by atoms with Crippen LogP contribution in [0.15, 0.2) is 0 Å². The van der Waals surface area contributed by atoms with Crippen LogP contribution < -0.4 is 5.32 Å². The van der Waals surface area contributed by atoms with Crippen LogP contribution in [-0.4, -0.2) is 26.8 Å². The second-order valence-electron chi connectivity index (χ2n) is 3.78. The minimum atomic E-state index is -4.55. The van der Waals surface area contributed by atoms with E-state index >= 15 is 0 Å². The zero-order valence-electron chi connectivity index (χ0n) is 8.41. The molecule has 5 nitrogen and oxygen atoms in total. The van der Waals surface area contributed by atoms with Crippen molar-refractivity contribution in [3.8, 4) is 0 Å². The summed E-state index contributed by atoms with van der Waals surface area (Å²) in [4.78, 5) is 11.0. The number of hydrogen-bond acceptors (Lipinski definition) is 5. The van der Waals surface area contributed by atoms with Crippen LogP contribution in [-0.2, 0) is 11.0 Å². The maximum absolute atomic E-state index is 12.3. The molecule has 0 saturated heterocycles. The van der Waals surface area contributed by atoms with E-state index in [0.717, 1.165) is 6.42 Å². The largest absolute Gasteiger partial charge is 0.480 e. The molecule has 0 spiro atoms. The Kier molecular flexibility index (Phi) is 2.72. The lowest BCUT2D eigenvalue weighted by molar-refractivity contribution is -0.145. The van der Waals surface area contributed by atoms with Crippen LogP contribution in [0.5, 0.6) is 0 Å². The number of anilines is 1. The van der Waals surface area contributed by atoms with E-state index < -0.39 is 22.7 Å². The minimum Gasteiger partial charge on any atom is -0.480 e. The molecule has 1 aromatic rings. The standard InChI is InChI=1S/C8H8F3N3O2S/c9-8(10,11)4-13-14-6(17-4)12-7(5(15)16)2-1-3-7/h1-3H2,(H,12,14)(H,15,16). The van der Waals surface area contributed by atoms with Crippen molar-refractivity contribution in [3.05, 3.63) is 5.01 Å². The van der Waals surface area contributed by atoms with Gasteiger partial charge in [0, 0.05) is 0 Å². The first-order valence-electron chi connectivity index (χ1n) is 4.76. The van der Waals surface area contributed by atoms with Crippen molar-refractivity contribution in [2.45, 2.75) is 31.0 Å². The van der Waals surface area contributed by atoms with Crippen molar-refractivity contribution in [1.82, 2.24) is 10.2 Å². The van der Waals surface area contributed by atoms with Crippen molar-refractivity contribution in [2.75, 3.05) is 5.32 Å². The van der Waals surface area contributed by atoms with E-state index in [2.05, 4.69) is 15.5 Å². The summed E-state index contributed by atoms with van der Waals surface area (Å²) in [5.41, 5.74) is -1.18. The molecule has 0 atom stereocenters. The number of aromatic nitrogens is 2. The summed E-state index contributed by atoms with van der Waals surface area (Å²) in [7, 11) is 0. The van der Waals surface area contributed by atoms with Crippen molar-refractivity contribution in [2.24, 2.45) is 0 Å². The van der Waals surface area contributed by atoms with E-state index in [1.807, 2.05) is 0 Å². The van der Waals surface area contributed by atoms with E-state index in [0.29, 0.717) is 24.2 Å². The van der Waals surface area contributed by atoms with Gasteiger partial charge < -0.3 is 10.4 Å². The Morgan fingerprint density at radius 1 is 1.41 bits per heavy atom. The number of hydrogen-bond donors (Lipinski definition) is 2. The summed E-state index contributed by atoms with van der Waals surface area (Å²) in [5, 5.41) is 16.6. The summed E-state index contributed by atoms with van der Waals surface area (Å²) < 4.78 is 36.8. The van der Waals surface area contributed by atoms with Crippen LogP contribution in [0, 0.1) is 0 Å². The summed E-state index contributed by atoms with van der Waals surface area (Å²) >= 11 is 0.312. The lowest BCUT2D eigenvalue weighted by Crippen LogP contribution is -2.52. The van der Waals surface area contributed by atoms with E-state index in [4.69, 9.17) is 5.11 Å². The van der Waals surface area contributed by atoms with E-state index in [-0.39, 0.29) is 5.13 Å². The normalized spacial score (nSPS) is 18.5. The van der Waals surface area contributed by atoms with Gasteiger partial charge in [-0.3, -0.25) is 0 Å². The van der Waals surface area contributed by atoms with Crippen molar-refractivity contribution in [3.63, 3.8) is 0 Å². The number of carboxylic acid groups (broad SMARTS) is 1. The third-order valence-corrected chi connectivity index (χ3v) is 3.51. The number of alkyl halides is 3. The summed E-state index contributed by atoms with van der Waals surface area (Å²) in [6.45, 7) is 0. The first-order valence-corrected chi connectivity index (χ1v) is 5.57. The van der Waals surface area contributed by atoms with E-state index in [1.54, 1.807) is 0 Å². The molecule has 17 heavy (non-hydrogen) atoms. The Morgan fingerprint density at radius 3 is 2.41 bits per heavy atom. The monoisotopic (exact) mass is 267 g/mol. The Morgan fingerprint density at radius 2 is 2.06 bits per heavy atom. The van der Waals surface area contributed by atoms with Crippen LogP contribution in [0.25, 0.3) is 0 Å². The van der Waals surface area contributed by atoms with Gasteiger partial charge in [-0.15, -0.1) is 10.2 Å². The van der Waals surface area contributed by atoms with E-state index in [9.17, 15) is 18.0 Å². The molecule has 2 N–H and O–H groups in total. The fourth-order valence-corrected chi connectivity index (χ4v) is 2.22. The van der Waals surface area contributed by atoms with Gasteiger partial charge in [0.1, 0.15) is 5.54 Å². The highest BCUT2D eigenvalue weighted by Crippen LogP contribution is 2.38. The third-order valence-electron chi connectivity index (χ3n) is 2.63. The number of aliphatic carboxylic acids is 1. The van der Waals surface area contributed by atoms with Crippen LogP contribution in [0.1, 0.15) is 24.3 Å². The molecular formula is C8H8F3N3O2S. The van der Waals surface area contributed by atoms with Gasteiger partial charge in [0.15, 0.2) is 0 Å². The number of carbonyl (C=O) groups is 1. The molecule has 1 aliphatic carbocycles. The molecule has 1 aromatic heterocycles. The van der Waals surface area contributed by atoms with Crippen LogP contribution in [0.4, 0.5) is 18.3 Å². The molecule has 1 aliphatic rings. The molecule has 1 heterocycles. The number of halogens is 3. The molecule has 2 rings (SSSR count). The van der Waals surface area contributed by atoms with Crippen molar-refractivity contribution >= 4 is 22.4 Å². The van der Waals surface area contributed by atoms with Crippen LogP contribution in [0.2, 0.25) is 0 Å². The fourth-order valence-electron chi connectivity index (χ4n) is 1.52. The molecule has 0 bridgehead atoms. The van der Waals surface area contributed by atoms with Gasteiger partial charge in [0.05, 0.1) is 0 Å². The van der Waals surface area contributed by atoms with Gasteiger partial charge in [0.25, 0.3) is 0 Å². The summed E-state index contributed by atoms with van der Waals surface area (Å²) in [6.07, 6.45) is -3.07. The second kappa shape index (κ2) is 3.83. The minimum absolute atomic E-state index is 0.112. The number of nitrogens with one attached hydrogen (secondary N) is 1. The number of carboxylic acids is 1. The lowest BCUT2D eigenvalue weighted by atomic mass is 9.77. The Bertz CT molecular complexity index is 441. The SMILES string of the molecule is O=C(O)C1(Nc2nnc(C(F)(F)F)s2)CCC1. The Balaban J connectivity index is 2.14. The lowest BCUT2D eigenvalue weighted by Gasteiger charge is -2.37. The molecule has 0 aromatic carbocycles. The average Bonchev–Trinajstić information content (AvgIpc) is 2.57. The fraction of sp³-hybridized carbons (Fsp3) is 0.625. The van der Waals surface area contributed by atoms with Gasteiger partial charge in [-0.1, -0.05) is 11.3 Å². The number of nitrogens with zero attached hydrogens (tertiary/aromatic N) is 2. The molecule has 9 heteroatoms. The molecule has 0 radical (unpaired) electrons. The second-order valence-corrected chi connectivity index (χ2v) is 4.75. The maximum atomic E-state index is 12.3. The van der Waals surface area contributed by atoms with Gasteiger partial charge in [-0.25, -0.2) is 4.79 Å². The smallest absolute Gasteiger partial charge is 0.445 e. The number of rotatable bonds is 3. The predicted octanol–water partition coefficient (Wildman–Crippen LogP) is 1.98. The van der Waals surface area contributed by atoms with Gasteiger partial charge >= 0.3 is 12.1 Å². The summed E-state index contributed by atoms with van der Waals surface area (Å²) in [5.74, 6) is -1.08. The highest BCUT2D eigenvalue weighted by atomic mass is 32.1. The Hall–Kier alpha value is -1.38. The topological polar surface area (TPSA) is 75.1 Å². The first kappa shape index (κ1) is 12.1. The van der Waals surface area contributed by atoms with Gasteiger partial charge in [0.2, 0.25) is 10.1 Å². The van der Waals surface area contributed by atoms with Gasteiger partial charge in [-0.2, -0.15) is 13.2 Å². The van der Waals surface area contributed by atoms with Crippen LogP contribution >= 0.6 is 11.3 Å². The Labute approximate surface area is 97.7 Å². The molecule has 1 saturated carbocycles. The maximum Gasteiger partial charge on any atom is 0.445 e. The quantitative estimate of drug-likeness (QED) is 0.875. The highest BCUT2D eigenvalue weighted by Gasteiger charge is 2.45.